The fourth-order valence-electron chi connectivity index (χ4n) is 2.35. The second kappa shape index (κ2) is 8.13. The van der Waals surface area contributed by atoms with Crippen LogP contribution in [-0.2, 0) is 11.2 Å². The fraction of sp³-hybridized carbons (Fsp3) is 0.235. The molecule has 0 aliphatic rings. The first-order chi connectivity index (χ1) is 12.5. The molecule has 1 amide bonds. The summed E-state index contributed by atoms with van der Waals surface area (Å²) in [6.07, 6.45) is -2.87. The lowest BCUT2D eigenvalue weighted by atomic mass is 10.2. The van der Waals surface area contributed by atoms with Crippen molar-refractivity contribution in [2.45, 2.75) is 19.3 Å². The molecule has 0 unspecified atom stereocenters. The summed E-state index contributed by atoms with van der Waals surface area (Å²) in [4.78, 5) is 13.1. The first-order valence-corrected chi connectivity index (χ1v) is 8.67. The van der Waals surface area contributed by atoms with Crippen molar-refractivity contribution in [3.05, 3.63) is 52.8 Å². The molecule has 0 radical (unpaired) electrons. The van der Waals surface area contributed by atoms with Crippen LogP contribution in [0.2, 0.25) is 0 Å². The van der Waals surface area contributed by atoms with Gasteiger partial charge in [-0.25, -0.2) is 13.2 Å². The molecule has 26 heavy (non-hydrogen) atoms. The molecule has 0 aliphatic carbocycles. The van der Waals surface area contributed by atoms with Crippen LogP contribution in [0.3, 0.4) is 0 Å². The highest BCUT2D eigenvalue weighted by Crippen LogP contribution is 2.23. The number of aryl methyl sites for hydroxylation is 1. The lowest BCUT2D eigenvalue weighted by Crippen LogP contribution is -2.36. The first kappa shape index (κ1) is 18.1. The molecule has 2 heterocycles. The Labute approximate surface area is 151 Å². The zero-order valence-electron chi connectivity index (χ0n) is 13.4. The Hall–Kier alpha value is -2.68. The summed E-state index contributed by atoms with van der Waals surface area (Å²) < 4.78 is 45.0. The molecule has 3 aromatic rings. The number of carbonyl (C=O) groups is 1. The van der Waals surface area contributed by atoms with E-state index >= 15 is 0 Å². The molecule has 136 valence electrons. The molecule has 1 aromatic carbocycles. The molecule has 0 atom stereocenters. The van der Waals surface area contributed by atoms with Crippen LogP contribution in [0, 0.1) is 5.82 Å². The van der Waals surface area contributed by atoms with Gasteiger partial charge in [0.2, 0.25) is 17.7 Å². The van der Waals surface area contributed by atoms with E-state index in [0.29, 0.717) is 5.89 Å². The average molecular weight is 381 g/mol. The summed E-state index contributed by atoms with van der Waals surface area (Å²) in [5.74, 6) is -0.845. The van der Waals surface area contributed by atoms with Crippen LogP contribution >= 0.6 is 11.3 Å². The van der Waals surface area contributed by atoms with Crippen LogP contribution in [0.5, 0.6) is 0 Å². The highest BCUT2D eigenvalue weighted by atomic mass is 32.1. The minimum absolute atomic E-state index is 0.0736. The van der Waals surface area contributed by atoms with Crippen molar-refractivity contribution in [3.8, 4) is 11.5 Å². The average Bonchev–Trinajstić information content (AvgIpc) is 3.29. The van der Waals surface area contributed by atoms with Crippen LogP contribution in [-0.4, -0.2) is 29.1 Å². The standard InChI is InChI=1S/C17H14F3N3O2S/c18-12-3-1-2-4-13(12)23(9-14(19)20)16(24)6-5-15-21-22-17(25-15)11-7-8-26-10-11/h1-4,7-8,10,14H,5-6,9H2. The van der Waals surface area contributed by atoms with Crippen LogP contribution in [0.15, 0.2) is 45.5 Å². The molecule has 3 rings (SSSR count). The topological polar surface area (TPSA) is 59.2 Å². The van der Waals surface area contributed by atoms with E-state index in [1.165, 1.54) is 29.5 Å². The van der Waals surface area contributed by atoms with Crippen molar-refractivity contribution >= 4 is 22.9 Å². The van der Waals surface area contributed by atoms with Crippen LogP contribution < -0.4 is 4.90 Å². The zero-order valence-corrected chi connectivity index (χ0v) is 14.3. The Balaban J connectivity index is 1.69. The number of para-hydroxylation sites is 1. The minimum atomic E-state index is -2.79. The maximum Gasteiger partial charge on any atom is 0.256 e. The highest BCUT2D eigenvalue weighted by molar-refractivity contribution is 7.08. The second-order valence-corrected chi connectivity index (χ2v) is 6.14. The van der Waals surface area contributed by atoms with Crippen molar-refractivity contribution in [2.24, 2.45) is 0 Å². The van der Waals surface area contributed by atoms with E-state index in [1.54, 1.807) is 0 Å². The fourth-order valence-corrected chi connectivity index (χ4v) is 2.98. The maximum atomic E-state index is 13.9. The molecule has 5 nitrogen and oxygen atoms in total. The van der Waals surface area contributed by atoms with Gasteiger partial charge >= 0.3 is 0 Å². The summed E-state index contributed by atoms with van der Waals surface area (Å²) in [6.45, 7) is -0.885. The molecular weight excluding hydrogens is 367 g/mol. The van der Waals surface area contributed by atoms with E-state index in [2.05, 4.69) is 10.2 Å². The Morgan fingerprint density at radius 1 is 1.23 bits per heavy atom. The second-order valence-electron chi connectivity index (χ2n) is 5.36. The molecule has 0 spiro atoms. The van der Waals surface area contributed by atoms with E-state index in [1.807, 2.05) is 16.8 Å². The van der Waals surface area contributed by atoms with Crippen molar-refractivity contribution < 1.29 is 22.4 Å². The first-order valence-electron chi connectivity index (χ1n) is 7.72. The van der Waals surface area contributed by atoms with E-state index < -0.39 is 24.7 Å². The van der Waals surface area contributed by atoms with Gasteiger partial charge in [-0.3, -0.25) is 4.79 Å². The van der Waals surface area contributed by atoms with Gasteiger partial charge in [0.15, 0.2) is 0 Å². The number of amides is 1. The van der Waals surface area contributed by atoms with E-state index in [0.717, 1.165) is 16.5 Å². The van der Waals surface area contributed by atoms with Gasteiger partial charge in [-0.05, 0) is 23.6 Å². The van der Waals surface area contributed by atoms with Crippen molar-refractivity contribution in [1.29, 1.82) is 0 Å². The van der Waals surface area contributed by atoms with Gasteiger partial charge < -0.3 is 9.32 Å². The molecule has 0 saturated carbocycles. The third-order valence-corrected chi connectivity index (χ3v) is 4.24. The number of hydrogen-bond donors (Lipinski definition) is 0. The smallest absolute Gasteiger partial charge is 0.256 e. The largest absolute Gasteiger partial charge is 0.421 e. The maximum absolute atomic E-state index is 13.9. The Kier molecular flexibility index (Phi) is 5.67. The number of hydrogen-bond acceptors (Lipinski definition) is 5. The Bertz CT molecular complexity index is 868. The quantitative estimate of drug-likeness (QED) is 0.616. The van der Waals surface area contributed by atoms with E-state index in [9.17, 15) is 18.0 Å². The zero-order chi connectivity index (χ0) is 18.5. The molecule has 0 saturated heterocycles. The molecule has 2 aromatic heterocycles. The van der Waals surface area contributed by atoms with Crippen LogP contribution in [0.1, 0.15) is 12.3 Å². The van der Waals surface area contributed by atoms with Gasteiger partial charge in [-0.15, -0.1) is 10.2 Å². The third kappa shape index (κ3) is 4.29. The molecule has 9 heteroatoms. The number of anilines is 1. The lowest BCUT2D eigenvalue weighted by Gasteiger charge is -2.22. The number of thiophene rings is 1. The molecule has 0 bridgehead atoms. The Morgan fingerprint density at radius 2 is 2.04 bits per heavy atom. The van der Waals surface area contributed by atoms with Gasteiger partial charge in [0, 0.05) is 23.8 Å². The number of aromatic nitrogens is 2. The summed E-state index contributed by atoms with van der Waals surface area (Å²) >= 11 is 1.48. The number of rotatable bonds is 7. The van der Waals surface area contributed by atoms with Crippen molar-refractivity contribution in [2.75, 3.05) is 11.4 Å². The van der Waals surface area contributed by atoms with Crippen LogP contribution in [0.4, 0.5) is 18.9 Å². The number of carbonyl (C=O) groups excluding carboxylic acids is 1. The number of halogens is 3. The van der Waals surface area contributed by atoms with Gasteiger partial charge in [0.25, 0.3) is 6.43 Å². The lowest BCUT2D eigenvalue weighted by molar-refractivity contribution is -0.119. The summed E-state index contributed by atoms with van der Waals surface area (Å²) in [6, 6.07) is 7.13. The number of nitrogens with zero attached hydrogens (tertiary/aromatic N) is 3. The predicted octanol–water partition coefficient (Wildman–Crippen LogP) is 4.17. The molecular formula is C17H14F3N3O2S. The number of benzene rings is 1. The van der Waals surface area contributed by atoms with Crippen molar-refractivity contribution in [1.82, 2.24) is 10.2 Å². The minimum Gasteiger partial charge on any atom is -0.421 e. The molecule has 0 N–H and O–H groups in total. The molecule has 0 fully saturated rings. The van der Waals surface area contributed by atoms with Gasteiger partial charge in [-0.2, -0.15) is 11.3 Å². The van der Waals surface area contributed by atoms with Crippen LogP contribution in [0.25, 0.3) is 11.5 Å². The monoisotopic (exact) mass is 381 g/mol. The number of alkyl halides is 2. The predicted molar refractivity (Wildman–Crippen MR) is 90.7 cm³/mol. The van der Waals surface area contributed by atoms with Gasteiger partial charge in [0.05, 0.1) is 12.2 Å². The summed E-state index contributed by atoms with van der Waals surface area (Å²) in [7, 11) is 0. The van der Waals surface area contributed by atoms with E-state index in [-0.39, 0.29) is 24.4 Å². The third-order valence-electron chi connectivity index (χ3n) is 3.55. The summed E-state index contributed by atoms with van der Waals surface area (Å²) in [5.41, 5.74) is 0.591. The molecule has 0 aliphatic heterocycles. The SMILES string of the molecule is O=C(CCc1nnc(-c2ccsc2)o1)N(CC(F)F)c1ccccc1F. The Morgan fingerprint density at radius 3 is 2.73 bits per heavy atom. The summed E-state index contributed by atoms with van der Waals surface area (Å²) in [5, 5.41) is 11.4. The van der Waals surface area contributed by atoms with Crippen molar-refractivity contribution in [3.63, 3.8) is 0 Å². The normalized spacial score (nSPS) is 11.1. The van der Waals surface area contributed by atoms with E-state index in [4.69, 9.17) is 4.42 Å². The van der Waals surface area contributed by atoms with Gasteiger partial charge in [-0.1, -0.05) is 12.1 Å². The van der Waals surface area contributed by atoms with Gasteiger partial charge in [0.1, 0.15) is 5.82 Å². The highest BCUT2D eigenvalue weighted by Gasteiger charge is 2.23.